The third kappa shape index (κ3) is 4.69. The molecule has 0 aliphatic heterocycles. The number of hydrogen-bond acceptors (Lipinski definition) is 4. The number of nitrogens with one attached hydrogen (secondary N) is 1. The fourth-order valence-corrected chi connectivity index (χ4v) is 3.67. The van der Waals surface area contributed by atoms with Gasteiger partial charge in [-0.05, 0) is 37.3 Å². The summed E-state index contributed by atoms with van der Waals surface area (Å²) in [5.74, 6) is 0.847. The number of benzene rings is 2. The minimum atomic E-state index is -3.89. The first-order valence-corrected chi connectivity index (χ1v) is 9.80. The summed E-state index contributed by atoms with van der Waals surface area (Å²) in [4.78, 5) is 23.7. The highest BCUT2D eigenvalue weighted by Gasteiger charge is 2.23. The van der Waals surface area contributed by atoms with Crippen LogP contribution in [0.15, 0.2) is 53.4 Å². The van der Waals surface area contributed by atoms with E-state index in [0.717, 1.165) is 9.87 Å². The second-order valence-corrected chi connectivity index (χ2v) is 8.14. The van der Waals surface area contributed by atoms with Crippen LogP contribution in [0.3, 0.4) is 0 Å². The van der Waals surface area contributed by atoms with Crippen LogP contribution >= 0.6 is 0 Å². The van der Waals surface area contributed by atoms with Crippen molar-refractivity contribution in [3.05, 3.63) is 59.7 Å². The third-order valence-electron chi connectivity index (χ3n) is 4.12. The van der Waals surface area contributed by atoms with Gasteiger partial charge in [-0.3, -0.25) is 13.9 Å². The van der Waals surface area contributed by atoms with E-state index in [4.69, 9.17) is 12.2 Å². The minimum absolute atomic E-state index is 0.0594. The van der Waals surface area contributed by atoms with E-state index in [1.54, 1.807) is 24.3 Å². The molecule has 0 heterocycles. The van der Waals surface area contributed by atoms with Crippen molar-refractivity contribution in [2.45, 2.75) is 24.3 Å². The van der Waals surface area contributed by atoms with E-state index < -0.39 is 27.9 Å². The van der Waals surface area contributed by atoms with Gasteiger partial charge in [0.25, 0.3) is 15.9 Å². The summed E-state index contributed by atoms with van der Waals surface area (Å²) in [7, 11) is -2.45. The molecule has 2 rings (SSSR count). The Morgan fingerprint density at radius 2 is 1.86 bits per heavy atom. The smallest absolute Gasteiger partial charge is 0.264 e. The first kappa shape index (κ1) is 21.0. The number of sulfonamides is 1. The molecule has 0 aliphatic rings. The van der Waals surface area contributed by atoms with Crippen molar-refractivity contribution in [2.24, 2.45) is 5.73 Å². The Balaban J connectivity index is 2.30. The zero-order valence-electron chi connectivity index (χ0n) is 15.5. The van der Waals surface area contributed by atoms with Crippen LogP contribution in [0.4, 0.5) is 5.69 Å². The molecule has 1 atom stereocenters. The van der Waals surface area contributed by atoms with Crippen molar-refractivity contribution < 1.29 is 18.0 Å². The molecule has 0 aliphatic carbocycles. The molecule has 3 N–H and O–H groups in total. The van der Waals surface area contributed by atoms with Crippen molar-refractivity contribution in [3.63, 3.8) is 0 Å². The van der Waals surface area contributed by atoms with Crippen molar-refractivity contribution >= 4 is 27.5 Å². The molecule has 0 spiro atoms. The van der Waals surface area contributed by atoms with E-state index in [0.29, 0.717) is 5.69 Å². The molecular formula is C20H21N3O4S. The fraction of sp³-hybridized carbons (Fsp3) is 0.200. The summed E-state index contributed by atoms with van der Waals surface area (Å²) < 4.78 is 27.0. The van der Waals surface area contributed by atoms with Crippen molar-refractivity contribution in [3.8, 4) is 12.3 Å². The molecule has 2 aromatic rings. The number of hydrogen-bond donors (Lipinski definition) is 2. The van der Waals surface area contributed by atoms with Gasteiger partial charge in [0.1, 0.15) is 6.04 Å². The van der Waals surface area contributed by atoms with Crippen LogP contribution in [0.2, 0.25) is 0 Å². The molecule has 0 saturated carbocycles. The quantitative estimate of drug-likeness (QED) is 0.686. The molecule has 0 unspecified atom stereocenters. The van der Waals surface area contributed by atoms with Gasteiger partial charge in [0, 0.05) is 19.0 Å². The molecule has 146 valence electrons. The summed E-state index contributed by atoms with van der Waals surface area (Å²) in [5, 5.41) is 2.42. The highest BCUT2D eigenvalue weighted by atomic mass is 32.2. The molecule has 7 nitrogen and oxygen atoms in total. The van der Waals surface area contributed by atoms with Gasteiger partial charge in [0.2, 0.25) is 5.91 Å². The van der Waals surface area contributed by atoms with Crippen molar-refractivity contribution in [1.29, 1.82) is 0 Å². The third-order valence-corrected chi connectivity index (χ3v) is 5.90. The summed E-state index contributed by atoms with van der Waals surface area (Å²) in [6.07, 6.45) is 5.11. The Hall–Kier alpha value is -3.31. The largest absolute Gasteiger partial charge is 0.368 e. The lowest BCUT2D eigenvalue weighted by Gasteiger charge is -2.20. The van der Waals surface area contributed by atoms with Crippen LogP contribution in [0.1, 0.15) is 22.3 Å². The number of aryl methyl sites for hydroxylation is 1. The lowest BCUT2D eigenvalue weighted by atomic mass is 10.1. The van der Waals surface area contributed by atoms with Crippen LogP contribution in [0.25, 0.3) is 0 Å². The maximum Gasteiger partial charge on any atom is 0.264 e. The van der Waals surface area contributed by atoms with Crippen molar-refractivity contribution in [1.82, 2.24) is 5.32 Å². The van der Waals surface area contributed by atoms with Gasteiger partial charge in [-0.1, -0.05) is 23.8 Å². The number of rotatable bonds is 7. The average molecular weight is 399 g/mol. The molecule has 0 aromatic heterocycles. The number of carbonyl (C=O) groups excluding carboxylic acids is 2. The van der Waals surface area contributed by atoms with Gasteiger partial charge in [-0.15, -0.1) is 12.3 Å². The van der Waals surface area contributed by atoms with Crippen LogP contribution < -0.4 is 15.4 Å². The molecule has 2 aromatic carbocycles. The predicted octanol–water partition coefficient (Wildman–Crippen LogP) is 1.43. The normalized spacial score (nSPS) is 11.9. The summed E-state index contributed by atoms with van der Waals surface area (Å²) >= 11 is 0. The monoisotopic (exact) mass is 399 g/mol. The standard InChI is InChI=1S/C20H21N3O4S/c1-4-6-18(19(21)24)22-20(25)15-7-5-8-17(13-15)28(26,27)23(3)16-11-9-14(2)10-12-16/h1,5,7-13,18H,6H2,2-3H3,(H2,21,24)(H,22,25)/t18-/m1/s1. The van der Waals surface area contributed by atoms with E-state index in [2.05, 4.69) is 11.2 Å². The highest BCUT2D eigenvalue weighted by Crippen LogP contribution is 2.23. The Bertz CT molecular complexity index is 1020. The number of amides is 2. The van der Waals surface area contributed by atoms with Gasteiger partial charge in [-0.25, -0.2) is 8.42 Å². The maximum absolute atomic E-state index is 12.9. The second-order valence-electron chi connectivity index (χ2n) is 6.17. The van der Waals surface area contributed by atoms with E-state index in [-0.39, 0.29) is 16.9 Å². The van der Waals surface area contributed by atoms with Crippen LogP contribution in [-0.2, 0) is 14.8 Å². The van der Waals surface area contributed by atoms with E-state index in [1.807, 2.05) is 6.92 Å². The fourth-order valence-electron chi connectivity index (χ4n) is 2.43. The van der Waals surface area contributed by atoms with Crippen LogP contribution in [-0.4, -0.2) is 33.3 Å². The van der Waals surface area contributed by atoms with Gasteiger partial charge in [0.05, 0.1) is 10.6 Å². The molecule has 0 bridgehead atoms. The van der Waals surface area contributed by atoms with Gasteiger partial charge in [-0.2, -0.15) is 0 Å². The highest BCUT2D eigenvalue weighted by molar-refractivity contribution is 7.92. The number of nitrogens with zero attached hydrogens (tertiary/aromatic N) is 1. The van der Waals surface area contributed by atoms with E-state index in [1.165, 1.54) is 31.3 Å². The number of anilines is 1. The molecule has 0 radical (unpaired) electrons. The second kappa shape index (κ2) is 8.59. The molecule has 2 amide bonds. The predicted molar refractivity (Wildman–Crippen MR) is 107 cm³/mol. The summed E-state index contributed by atoms with van der Waals surface area (Å²) in [5.41, 5.74) is 6.78. The Kier molecular flexibility index (Phi) is 6.44. The van der Waals surface area contributed by atoms with Gasteiger partial charge in [0.15, 0.2) is 0 Å². The molecule has 0 saturated heterocycles. The van der Waals surface area contributed by atoms with Crippen molar-refractivity contribution in [2.75, 3.05) is 11.4 Å². The lowest BCUT2D eigenvalue weighted by molar-refractivity contribution is -0.119. The minimum Gasteiger partial charge on any atom is -0.368 e. The number of nitrogens with two attached hydrogens (primary N) is 1. The first-order valence-electron chi connectivity index (χ1n) is 8.36. The van der Waals surface area contributed by atoms with Gasteiger partial charge >= 0.3 is 0 Å². The maximum atomic E-state index is 12.9. The zero-order valence-corrected chi connectivity index (χ0v) is 16.4. The van der Waals surface area contributed by atoms with E-state index >= 15 is 0 Å². The Morgan fingerprint density at radius 1 is 1.21 bits per heavy atom. The topological polar surface area (TPSA) is 110 Å². The number of carbonyl (C=O) groups is 2. The van der Waals surface area contributed by atoms with Crippen LogP contribution in [0.5, 0.6) is 0 Å². The molecular weight excluding hydrogens is 378 g/mol. The summed E-state index contributed by atoms with van der Waals surface area (Å²) in [6.45, 7) is 1.90. The first-order chi connectivity index (χ1) is 13.2. The molecule has 8 heteroatoms. The zero-order chi connectivity index (χ0) is 20.9. The lowest BCUT2D eigenvalue weighted by Crippen LogP contribution is -2.44. The number of terminal acetylenes is 1. The molecule has 28 heavy (non-hydrogen) atoms. The van der Waals surface area contributed by atoms with Crippen LogP contribution in [0, 0.1) is 19.3 Å². The average Bonchev–Trinajstić information content (AvgIpc) is 2.67. The Morgan fingerprint density at radius 3 is 2.43 bits per heavy atom. The summed E-state index contributed by atoms with van der Waals surface area (Å²) in [6, 6.07) is 11.5. The SMILES string of the molecule is C#CC[C@@H](NC(=O)c1cccc(S(=O)(=O)N(C)c2ccc(C)cc2)c1)C(N)=O. The molecule has 0 fully saturated rings. The number of primary amides is 1. The Labute approximate surface area is 164 Å². The van der Waals surface area contributed by atoms with Gasteiger partial charge < -0.3 is 11.1 Å². The van der Waals surface area contributed by atoms with E-state index in [9.17, 15) is 18.0 Å².